The van der Waals surface area contributed by atoms with Gasteiger partial charge in [-0.05, 0) is 12.1 Å². The number of esters is 1. The van der Waals surface area contributed by atoms with Crippen LogP contribution in [0.4, 0.5) is 5.69 Å². The number of ether oxygens (including phenoxy) is 1. The van der Waals surface area contributed by atoms with Crippen LogP contribution in [0.25, 0.3) is 0 Å². The molecule has 0 spiro atoms. The minimum atomic E-state index is -0.709. The topological polar surface area (TPSA) is 81.4 Å². The monoisotopic (exact) mass is 276 g/mol. The molecule has 1 aromatic rings. The Kier molecular flexibility index (Phi) is 4.60. The number of nitrogens with two attached hydrogens (primary N) is 1. The van der Waals surface area contributed by atoms with E-state index in [9.17, 15) is 9.59 Å². The molecule has 0 radical (unpaired) electrons. The lowest BCUT2D eigenvalue weighted by Crippen LogP contribution is -2.19. The maximum absolute atomic E-state index is 11.2. The Morgan fingerprint density at radius 2 is 2.06 bits per heavy atom. The van der Waals surface area contributed by atoms with E-state index in [4.69, 9.17) is 28.9 Å². The van der Waals surface area contributed by atoms with E-state index >= 15 is 0 Å². The van der Waals surface area contributed by atoms with Gasteiger partial charge >= 0.3 is 5.97 Å². The maximum atomic E-state index is 11.2. The number of rotatable bonds is 4. The van der Waals surface area contributed by atoms with E-state index in [0.29, 0.717) is 10.7 Å². The van der Waals surface area contributed by atoms with Gasteiger partial charge in [-0.1, -0.05) is 23.2 Å². The molecule has 1 amide bonds. The number of amides is 1. The second-order valence-electron chi connectivity index (χ2n) is 3.10. The summed E-state index contributed by atoms with van der Waals surface area (Å²) in [4.78, 5) is 22.2. The normalized spacial score (nSPS) is 9.82. The highest BCUT2D eigenvalue weighted by molar-refractivity contribution is 6.37. The van der Waals surface area contributed by atoms with Gasteiger partial charge in [0.15, 0.2) is 0 Å². The summed E-state index contributed by atoms with van der Waals surface area (Å²) in [6.07, 6.45) is 0. The van der Waals surface area contributed by atoms with Crippen molar-refractivity contribution in [2.24, 2.45) is 5.73 Å². The van der Waals surface area contributed by atoms with Crippen LogP contribution in [0.15, 0.2) is 12.1 Å². The van der Waals surface area contributed by atoms with Crippen molar-refractivity contribution in [3.05, 3.63) is 27.7 Å². The molecule has 1 rings (SSSR count). The molecule has 0 aliphatic rings. The number of nitrogens with one attached hydrogen (secondary N) is 1. The van der Waals surface area contributed by atoms with Crippen LogP contribution < -0.4 is 11.1 Å². The molecule has 0 aliphatic carbocycles. The van der Waals surface area contributed by atoms with Crippen molar-refractivity contribution in [2.75, 3.05) is 19.0 Å². The predicted octanol–water partition coefficient (Wildman–Crippen LogP) is 1.68. The number of anilines is 1. The molecule has 7 heteroatoms. The number of carbonyl (C=O) groups is 2. The van der Waals surface area contributed by atoms with E-state index in [-0.39, 0.29) is 17.1 Å². The fourth-order valence-corrected chi connectivity index (χ4v) is 1.79. The number of hydrogen-bond donors (Lipinski definition) is 2. The van der Waals surface area contributed by atoms with E-state index in [1.165, 1.54) is 19.2 Å². The van der Waals surface area contributed by atoms with Crippen molar-refractivity contribution < 1.29 is 14.3 Å². The standard InChI is InChI=1S/C10H10Cl2N2O3/c1-17-8(15)4-14-7-3-5(11)2-6(12)9(7)10(13)16/h2-3,14H,4H2,1H3,(H2,13,16). The van der Waals surface area contributed by atoms with Crippen LogP contribution in [0.5, 0.6) is 0 Å². The molecule has 0 unspecified atom stereocenters. The van der Waals surface area contributed by atoms with Gasteiger partial charge in [0, 0.05) is 5.02 Å². The number of hydrogen-bond acceptors (Lipinski definition) is 4. The molecule has 0 aliphatic heterocycles. The quantitative estimate of drug-likeness (QED) is 0.820. The Balaban J connectivity index is 3.04. The number of methoxy groups -OCH3 is 1. The molecule has 0 saturated carbocycles. The van der Waals surface area contributed by atoms with Gasteiger partial charge in [-0.15, -0.1) is 0 Å². The molecule has 1 aromatic carbocycles. The summed E-state index contributed by atoms with van der Waals surface area (Å²) in [5.74, 6) is -1.20. The lowest BCUT2D eigenvalue weighted by Gasteiger charge is -2.11. The molecule has 0 aromatic heterocycles. The summed E-state index contributed by atoms with van der Waals surface area (Å²) in [5.41, 5.74) is 5.56. The highest BCUT2D eigenvalue weighted by Gasteiger charge is 2.15. The van der Waals surface area contributed by atoms with Gasteiger partial charge in [0.1, 0.15) is 6.54 Å². The van der Waals surface area contributed by atoms with Crippen LogP contribution in [0.2, 0.25) is 10.0 Å². The summed E-state index contributed by atoms with van der Waals surface area (Å²) in [6.45, 7) is -0.118. The highest BCUT2D eigenvalue weighted by Crippen LogP contribution is 2.28. The van der Waals surface area contributed by atoms with Gasteiger partial charge in [0.2, 0.25) is 0 Å². The van der Waals surface area contributed by atoms with Crippen molar-refractivity contribution in [3.63, 3.8) is 0 Å². The molecule has 0 heterocycles. The lowest BCUT2D eigenvalue weighted by atomic mass is 10.1. The van der Waals surface area contributed by atoms with Crippen molar-refractivity contribution in [3.8, 4) is 0 Å². The number of carbonyl (C=O) groups excluding carboxylic acids is 2. The summed E-state index contributed by atoms with van der Waals surface area (Å²) in [7, 11) is 1.25. The molecule has 0 fully saturated rings. The van der Waals surface area contributed by atoms with Gasteiger partial charge in [-0.3, -0.25) is 9.59 Å². The third-order valence-corrected chi connectivity index (χ3v) is 2.47. The van der Waals surface area contributed by atoms with E-state index in [1.54, 1.807) is 0 Å². The zero-order chi connectivity index (χ0) is 13.0. The van der Waals surface area contributed by atoms with Crippen LogP contribution in [0, 0.1) is 0 Å². The Hall–Kier alpha value is -1.46. The van der Waals surface area contributed by atoms with Crippen molar-refractivity contribution in [1.82, 2.24) is 0 Å². The van der Waals surface area contributed by atoms with E-state index < -0.39 is 11.9 Å². The number of halogens is 2. The van der Waals surface area contributed by atoms with Crippen LogP contribution in [0.3, 0.4) is 0 Å². The van der Waals surface area contributed by atoms with Gasteiger partial charge in [-0.2, -0.15) is 0 Å². The zero-order valence-corrected chi connectivity index (χ0v) is 10.4. The lowest BCUT2D eigenvalue weighted by molar-refractivity contribution is -0.138. The molecule has 0 atom stereocenters. The van der Waals surface area contributed by atoms with Gasteiger partial charge in [-0.25, -0.2) is 0 Å². The third-order valence-electron chi connectivity index (χ3n) is 1.95. The van der Waals surface area contributed by atoms with Gasteiger partial charge in [0.05, 0.1) is 23.4 Å². The fourth-order valence-electron chi connectivity index (χ4n) is 1.20. The first-order valence-corrected chi connectivity index (χ1v) is 5.30. The Bertz CT molecular complexity index is 463. The first kappa shape index (κ1) is 13.6. The number of primary amides is 1. The first-order chi connectivity index (χ1) is 7.95. The number of benzene rings is 1. The SMILES string of the molecule is COC(=O)CNc1cc(Cl)cc(Cl)c1C(N)=O. The van der Waals surface area contributed by atoms with Crippen molar-refractivity contribution in [1.29, 1.82) is 0 Å². The summed E-state index contributed by atoms with van der Waals surface area (Å²) in [6, 6.07) is 2.85. The average molecular weight is 277 g/mol. The molecule has 5 nitrogen and oxygen atoms in total. The van der Waals surface area contributed by atoms with E-state index in [0.717, 1.165) is 0 Å². The minimum absolute atomic E-state index is 0.0833. The van der Waals surface area contributed by atoms with E-state index in [2.05, 4.69) is 10.1 Å². The third kappa shape index (κ3) is 3.51. The molecule has 92 valence electrons. The Morgan fingerprint density at radius 1 is 1.41 bits per heavy atom. The maximum Gasteiger partial charge on any atom is 0.325 e. The second-order valence-corrected chi connectivity index (χ2v) is 3.95. The Morgan fingerprint density at radius 3 is 2.59 bits per heavy atom. The fraction of sp³-hybridized carbons (Fsp3) is 0.200. The van der Waals surface area contributed by atoms with Gasteiger partial charge in [0.25, 0.3) is 5.91 Å². The zero-order valence-electron chi connectivity index (χ0n) is 8.92. The summed E-state index contributed by atoms with van der Waals surface area (Å²) in [5, 5.41) is 3.13. The first-order valence-electron chi connectivity index (χ1n) is 4.55. The van der Waals surface area contributed by atoms with Crippen molar-refractivity contribution >= 4 is 40.8 Å². The predicted molar refractivity (Wildman–Crippen MR) is 65.5 cm³/mol. The van der Waals surface area contributed by atoms with Crippen LogP contribution in [-0.4, -0.2) is 25.5 Å². The van der Waals surface area contributed by atoms with Gasteiger partial charge < -0.3 is 15.8 Å². The van der Waals surface area contributed by atoms with Crippen molar-refractivity contribution in [2.45, 2.75) is 0 Å². The molecule has 0 bridgehead atoms. The molecule has 17 heavy (non-hydrogen) atoms. The smallest absolute Gasteiger partial charge is 0.325 e. The molecule has 0 saturated heterocycles. The minimum Gasteiger partial charge on any atom is -0.468 e. The summed E-state index contributed by atoms with van der Waals surface area (Å²) >= 11 is 11.6. The molecule has 3 N–H and O–H groups in total. The Labute approximate surface area is 108 Å². The van der Waals surface area contributed by atoms with E-state index in [1.807, 2.05) is 0 Å². The largest absolute Gasteiger partial charge is 0.468 e. The van der Waals surface area contributed by atoms with Crippen LogP contribution in [-0.2, 0) is 9.53 Å². The van der Waals surface area contributed by atoms with Crippen LogP contribution in [0.1, 0.15) is 10.4 Å². The average Bonchev–Trinajstić information content (AvgIpc) is 2.24. The molecular weight excluding hydrogens is 267 g/mol. The second kappa shape index (κ2) is 5.75. The highest BCUT2D eigenvalue weighted by atomic mass is 35.5. The van der Waals surface area contributed by atoms with Crippen LogP contribution >= 0.6 is 23.2 Å². The molecular formula is C10H10Cl2N2O3. The summed E-state index contributed by atoms with van der Waals surface area (Å²) < 4.78 is 4.45.